The summed E-state index contributed by atoms with van der Waals surface area (Å²) in [5.74, 6) is 0.0928. The molecule has 0 spiro atoms. The van der Waals surface area contributed by atoms with Gasteiger partial charge < -0.3 is 4.42 Å². The van der Waals surface area contributed by atoms with Crippen molar-refractivity contribution >= 4 is 38.3 Å². The molecule has 0 atom stereocenters. The summed E-state index contributed by atoms with van der Waals surface area (Å²) in [7, 11) is -4.30. The van der Waals surface area contributed by atoms with Crippen molar-refractivity contribution in [3.63, 3.8) is 0 Å². The van der Waals surface area contributed by atoms with Gasteiger partial charge in [-0.1, -0.05) is 17.7 Å². The Morgan fingerprint density at radius 2 is 1.66 bits per heavy atom. The van der Waals surface area contributed by atoms with E-state index in [0.717, 1.165) is 52.3 Å². The summed E-state index contributed by atoms with van der Waals surface area (Å²) in [6.45, 7) is 1.84. The molecule has 3 aromatic carbocycles. The van der Waals surface area contributed by atoms with Gasteiger partial charge in [0.05, 0.1) is 15.5 Å². The zero-order chi connectivity index (χ0) is 24.7. The molecule has 0 fully saturated rings. The number of aryl methyl sites for hydroxylation is 3. The maximum Gasteiger partial charge on any atom is 0.272 e. The number of nitro benzene ring substituents is 1. The summed E-state index contributed by atoms with van der Waals surface area (Å²) in [5.41, 5.74) is 2.57. The van der Waals surface area contributed by atoms with Gasteiger partial charge in [0.2, 0.25) is 0 Å². The average molecular weight is 491 g/mol. The Morgan fingerprint density at radius 1 is 0.971 bits per heavy atom. The van der Waals surface area contributed by atoms with Gasteiger partial charge in [-0.25, -0.2) is 8.42 Å². The SMILES string of the molecule is Cc1ccc(S(=O)(=O)N(C(=O)c2ccc([N+](=O)[O-])cc2)c2ccc3oc4c(c3c2)CCCC4)cc1. The van der Waals surface area contributed by atoms with E-state index in [9.17, 15) is 23.3 Å². The predicted octanol–water partition coefficient (Wildman–Crippen LogP) is 5.56. The van der Waals surface area contributed by atoms with Gasteiger partial charge in [0.1, 0.15) is 11.3 Å². The van der Waals surface area contributed by atoms with Crippen LogP contribution in [0, 0.1) is 17.0 Å². The van der Waals surface area contributed by atoms with Crippen LogP contribution in [0.1, 0.15) is 40.1 Å². The van der Waals surface area contributed by atoms with E-state index >= 15 is 0 Å². The molecule has 1 aliphatic carbocycles. The number of hydrogen-bond donors (Lipinski definition) is 0. The Morgan fingerprint density at radius 3 is 2.34 bits per heavy atom. The van der Waals surface area contributed by atoms with Crippen molar-refractivity contribution in [1.82, 2.24) is 0 Å². The van der Waals surface area contributed by atoms with Crippen molar-refractivity contribution < 1.29 is 22.6 Å². The maximum absolute atomic E-state index is 13.8. The van der Waals surface area contributed by atoms with Crippen LogP contribution in [0.25, 0.3) is 11.0 Å². The van der Waals surface area contributed by atoms with Gasteiger partial charge in [-0.05, 0) is 68.7 Å². The Bertz CT molecular complexity index is 1550. The fraction of sp³-hybridized carbons (Fsp3) is 0.192. The number of nitrogens with zero attached hydrogens (tertiary/aromatic N) is 2. The number of nitro groups is 1. The first-order valence-electron chi connectivity index (χ1n) is 11.2. The number of rotatable bonds is 5. The molecule has 1 amide bonds. The number of hydrogen-bond acceptors (Lipinski definition) is 6. The molecule has 0 aliphatic heterocycles. The summed E-state index contributed by atoms with van der Waals surface area (Å²) in [5, 5.41) is 11.8. The number of sulfonamides is 1. The summed E-state index contributed by atoms with van der Waals surface area (Å²) in [6, 6.07) is 16.0. The molecular weight excluding hydrogens is 468 g/mol. The number of anilines is 1. The molecule has 8 nitrogen and oxygen atoms in total. The number of carbonyl (C=O) groups excluding carboxylic acids is 1. The van der Waals surface area contributed by atoms with Crippen LogP contribution in [0.15, 0.2) is 76.0 Å². The highest BCUT2D eigenvalue weighted by atomic mass is 32.2. The lowest BCUT2D eigenvalue weighted by Gasteiger charge is -2.23. The molecule has 0 radical (unpaired) electrons. The van der Waals surface area contributed by atoms with Crippen LogP contribution in [0.4, 0.5) is 11.4 Å². The van der Waals surface area contributed by atoms with Crippen LogP contribution in [0.3, 0.4) is 0 Å². The van der Waals surface area contributed by atoms with Gasteiger partial charge in [0.25, 0.3) is 21.6 Å². The smallest absolute Gasteiger partial charge is 0.272 e. The predicted molar refractivity (Wildman–Crippen MR) is 131 cm³/mol. The second kappa shape index (κ2) is 8.66. The lowest BCUT2D eigenvalue weighted by molar-refractivity contribution is -0.384. The topological polar surface area (TPSA) is 111 Å². The Labute approximate surface area is 202 Å². The minimum absolute atomic E-state index is 0.0145. The molecule has 0 N–H and O–H groups in total. The monoisotopic (exact) mass is 490 g/mol. The quantitative estimate of drug-likeness (QED) is 0.267. The van der Waals surface area contributed by atoms with Gasteiger partial charge in [-0.3, -0.25) is 14.9 Å². The zero-order valence-corrected chi connectivity index (χ0v) is 19.7. The van der Waals surface area contributed by atoms with E-state index in [1.54, 1.807) is 30.3 Å². The summed E-state index contributed by atoms with van der Waals surface area (Å²) in [6.07, 6.45) is 3.70. The molecule has 1 aliphatic rings. The number of benzene rings is 3. The van der Waals surface area contributed by atoms with Gasteiger partial charge in [0.15, 0.2) is 0 Å². The first-order chi connectivity index (χ1) is 16.8. The maximum atomic E-state index is 13.8. The number of amides is 1. The van der Waals surface area contributed by atoms with Crippen LogP contribution >= 0.6 is 0 Å². The molecule has 1 heterocycles. The second-order valence-corrected chi connectivity index (χ2v) is 10.4. The fourth-order valence-electron chi connectivity index (χ4n) is 4.40. The van der Waals surface area contributed by atoms with E-state index in [0.29, 0.717) is 5.58 Å². The minimum Gasteiger partial charge on any atom is -0.461 e. The molecule has 0 saturated heterocycles. The van der Waals surface area contributed by atoms with Crippen molar-refractivity contribution in [2.45, 2.75) is 37.5 Å². The third-order valence-electron chi connectivity index (χ3n) is 6.24. The van der Waals surface area contributed by atoms with Crippen LogP contribution in [-0.2, 0) is 22.9 Å². The van der Waals surface area contributed by atoms with Crippen molar-refractivity contribution in [3.05, 3.63) is 99.3 Å². The number of non-ortho nitro benzene ring substituents is 1. The van der Waals surface area contributed by atoms with Crippen LogP contribution in [0.5, 0.6) is 0 Å². The van der Waals surface area contributed by atoms with Gasteiger partial charge in [-0.2, -0.15) is 4.31 Å². The van der Waals surface area contributed by atoms with Gasteiger partial charge >= 0.3 is 0 Å². The third-order valence-corrected chi connectivity index (χ3v) is 7.97. The molecule has 9 heteroatoms. The molecule has 0 bridgehead atoms. The first kappa shape index (κ1) is 22.8. The summed E-state index contributed by atoms with van der Waals surface area (Å²) < 4.78 is 34.3. The Hall–Kier alpha value is -3.98. The molecule has 35 heavy (non-hydrogen) atoms. The second-order valence-electron chi connectivity index (χ2n) is 8.58. The number of fused-ring (bicyclic) bond motifs is 3. The van der Waals surface area contributed by atoms with E-state index in [1.807, 2.05) is 6.92 Å². The zero-order valence-electron chi connectivity index (χ0n) is 18.9. The van der Waals surface area contributed by atoms with E-state index in [-0.39, 0.29) is 21.8 Å². The molecule has 178 valence electrons. The highest BCUT2D eigenvalue weighted by Gasteiger charge is 2.33. The fourth-order valence-corrected chi connectivity index (χ4v) is 5.81. The highest BCUT2D eigenvalue weighted by molar-refractivity contribution is 7.93. The van der Waals surface area contributed by atoms with Crippen LogP contribution in [-0.4, -0.2) is 19.2 Å². The van der Waals surface area contributed by atoms with Crippen molar-refractivity contribution in [2.75, 3.05) is 4.31 Å². The molecule has 4 aromatic rings. The normalized spacial score (nSPS) is 13.4. The van der Waals surface area contributed by atoms with Crippen molar-refractivity contribution in [1.29, 1.82) is 0 Å². The molecule has 0 unspecified atom stereocenters. The highest BCUT2D eigenvalue weighted by Crippen LogP contribution is 2.36. The first-order valence-corrected chi connectivity index (χ1v) is 12.6. The number of furan rings is 1. The van der Waals surface area contributed by atoms with E-state index in [2.05, 4.69) is 0 Å². The molecule has 1 aromatic heterocycles. The summed E-state index contributed by atoms with van der Waals surface area (Å²) in [4.78, 5) is 24.0. The van der Waals surface area contributed by atoms with Crippen LogP contribution < -0.4 is 4.31 Å². The largest absolute Gasteiger partial charge is 0.461 e. The lowest BCUT2D eigenvalue weighted by Crippen LogP contribution is -2.37. The third kappa shape index (κ3) is 4.08. The average Bonchev–Trinajstić information content (AvgIpc) is 3.22. The van der Waals surface area contributed by atoms with Crippen LogP contribution in [0.2, 0.25) is 0 Å². The Balaban J connectivity index is 1.67. The number of carbonyl (C=O) groups is 1. The minimum atomic E-state index is -4.30. The van der Waals surface area contributed by atoms with Crippen molar-refractivity contribution in [3.8, 4) is 0 Å². The van der Waals surface area contributed by atoms with Crippen molar-refractivity contribution in [2.24, 2.45) is 0 Å². The standard InChI is InChI=1S/C26H22N2O6S/c1-17-6-13-21(14-7-17)35(32,33)27(26(29)18-8-10-19(11-9-18)28(30)31)20-12-15-25-23(16-20)22-4-2-3-5-24(22)34-25/h6-16H,2-5H2,1H3. The van der Waals surface area contributed by atoms with Gasteiger partial charge in [0, 0.05) is 35.1 Å². The van der Waals surface area contributed by atoms with E-state index in [4.69, 9.17) is 4.42 Å². The lowest BCUT2D eigenvalue weighted by atomic mass is 9.96. The molecular formula is C26H22N2O6S. The molecule has 5 rings (SSSR count). The van der Waals surface area contributed by atoms with E-state index < -0.39 is 20.9 Å². The van der Waals surface area contributed by atoms with Gasteiger partial charge in [-0.15, -0.1) is 0 Å². The molecule has 0 saturated carbocycles. The van der Waals surface area contributed by atoms with E-state index in [1.165, 1.54) is 36.4 Å². The summed E-state index contributed by atoms with van der Waals surface area (Å²) >= 11 is 0. The Kier molecular flexibility index (Phi) is 5.64.